The third kappa shape index (κ3) is 7.14. The summed E-state index contributed by atoms with van der Waals surface area (Å²) < 4.78 is 12.0. The second kappa shape index (κ2) is 12.8. The number of rotatable bonds is 10. The number of benzene rings is 3. The first kappa shape index (κ1) is 26.9. The number of nitrogens with one attached hydrogen (secondary N) is 1. The van der Waals surface area contributed by atoms with Crippen LogP contribution < -0.4 is 14.8 Å². The van der Waals surface area contributed by atoms with E-state index in [1.54, 1.807) is 42.5 Å². The lowest BCUT2D eigenvalue weighted by Crippen LogP contribution is -2.13. The van der Waals surface area contributed by atoms with Crippen LogP contribution in [0.3, 0.4) is 0 Å². The lowest BCUT2D eigenvalue weighted by atomic mass is 10.0. The van der Waals surface area contributed by atoms with E-state index >= 15 is 0 Å². The zero-order valence-corrected chi connectivity index (χ0v) is 21.6. The molecule has 184 valence electrons. The van der Waals surface area contributed by atoms with Gasteiger partial charge < -0.3 is 14.8 Å². The summed E-state index contributed by atoms with van der Waals surface area (Å²) in [5.41, 5.74) is 3.73. The molecular weight excluding hydrogens is 495 g/mol. The van der Waals surface area contributed by atoms with Gasteiger partial charge in [-0.15, -0.1) is 6.58 Å². The summed E-state index contributed by atoms with van der Waals surface area (Å²) >= 11 is 12.1. The molecule has 1 N–H and O–H groups in total. The molecule has 36 heavy (non-hydrogen) atoms. The summed E-state index contributed by atoms with van der Waals surface area (Å²) in [7, 11) is 0. The summed E-state index contributed by atoms with van der Waals surface area (Å²) in [5.74, 6) is 0.560. The van der Waals surface area contributed by atoms with E-state index in [1.807, 2.05) is 38.1 Å². The van der Waals surface area contributed by atoms with E-state index in [0.29, 0.717) is 52.4 Å². The van der Waals surface area contributed by atoms with Gasteiger partial charge in [0, 0.05) is 21.3 Å². The van der Waals surface area contributed by atoms with Crippen molar-refractivity contribution in [2.24, 2.45) is 0 Å². The minimum atomic E-state index is -0.538. The summed E-state index contributed by atoms with van der Waals surface area (Å²) in [6, 6.07) is 18.2. The molecule has 0 spiro atoms. The van der Waals surface area contributed by atoms with Gasteiger partial charge in [-0.05, 0) is 79.4 Å². The van der Waals surface area contributed by atoms with Crippen LogP contribution in [-0.4, -0.2) is 12.5 Å². The van der Waals surface area contributed by atoms with E-state index < -0.39 is 5.91 Å². The van der Waals surface area contributed by atoms with Crippen LogP contribution in [-0.2, 0) is 17.8 Å². The van der Waals surface area contributed by atoms with Gasteiger partial charge in [0.2, 0.25) is 0 Å². The standard InChI is InChI=1S/C29H26Cl2N2O3/c1-4-6-22-13-21(14-23(17-32)29(34)33-25-12-7-19(3)26(31)16-25)15-27(35-5-2)28(22)36-18-20-8-10-24(30)11-9-20/h4,7-16H,1,5-6,18H2,2-3H3,(H,33,34)/b23-14-. The van der Waals surface area contributed by atoms with Crippen LogP contribution in [0.2, 0.25) is 10.0 Å². The number of aryl methyl sites for hydroxylation is 1. The van der Waals surface area contributed by atoms with Crippen molar-refractivity contribution in [3.05, 3.63) is 105 Å². The molecule has 0 fully saturated rings. The van der Waals surface area contributed by atoms with Crippen molar-refractivity contribution in [2.75, 3.05) is 11.9 Å². The molecule has 0 aliphatic rings. The van der Waals surface area contributed by atoms with Crippen molar-refractivity contribution in [3.63, 3.8) is 0 Å². The van der Waals surface area contributed by atoms with Crippen molar-refractivity contribution >= 4 is 40.9 Å². The Bertz CT molecular complexity index is 1330. The van der Waals surface area contributed by atoms with E-state index in [2.05, 4.69) is 11.9 Å². The van der Waals surface area contributed by atoms with Gasteiger partial charge >= 0.3 is 0 Å². The second-order valence-corrected chi connectivity index (χ2v) is 8.78. The Morgan fingerprint density at radius 3 is 2.50 bits per heavy atom. The molecule has 0 bridgehead atoms. The van der Waals surface area contributed by atoms with Gasteiger partial charge in [0.1, 0.15) is 18.2 Å². The molecule has 0 heterocycles. The molecule has 0 unspecified atom stereocenters. The van der Waals surface area contributed by atoms with E-state index in [9.17, 15) is 10.1 Å². The Labute approximate surface area is 221 Å². The fourth-order valence-electron chi connectivity index (χ4n) is 3.42. The molecule has 0 aliphatic carbocycles. The lowest BCUT2D eigenvalue weighted by molar-refractivity contribution is -0.112. The molecule has 0 aromatic heterocycles. The Balaban J connectivity index is 1.92. The van der Waals surface area contributed by atoms with Crippen LogP contribution in [0.5, 0.6) is 11.5 Å². The molecule has 5 nitrogen and oxygen atoms in total. The van der Waals surface area contributed by atoms with Crippen molar-refractivity contribution in [3.8, 4) is 17.6 Å². The highest BCUT2D eigenvalue weighted by molar-refractivity contribution is 6.31. The molecule has 0 aliphatic heterocycles. The van der Waals surface area contributed by atoms with Gasteiger partial charge in [0.25, 0.3) is 5.91 Å². The number of carbonyl (C=O) groups is 1. The first-order valence-corrected chi connectivity index (χ1v) is 12.1. The van der Waals surface area contributed by atoms with Crippen LogP contribution in [0.1, 0.15) is 29.2 Å². The van der Waals surface area contributed by atoms with Crippen LogP contribution in [0.4, 0.5) is 5.69 Å². The number of hydrogen-bond donors (Lipinski definition) is 1. The summed E-state index contributed by atoms with van der Waals surface area (Å²) in [6.45, 7) is 8.32. The topological polar surface area (TPSA) is 71.4 Å². The monoisotopic (exact) mass is 520 g/mol. The van der Waals surface area contributed by atoms with Crippen molar-refractivity contribution < 1.29 is 14.3 Å². The van der Waals surface area contributed by atoms with Gasteiger partial charge in [0.05, 0.1) is 6.61 Å². The fraction of sp³-hybridized carbons (Fsp3) is 0.172. The molecule has 3 aromatic rings. The Kier molecular flexibility index (Phi) is 9.58. The average molecular weight is 521 g/mol. The number of nitriles is 1. The molecule has 3 aromatic carbocycles. The Hall–Kier alpha value is -3.72. The third-order valence-electron chi connectivity index (χ3n) is 5.22. The van der Waals surface area contributed by atoms with Gasteiger partial charge in [-0.2, -0.15) is 5.26 Å². The van der Waals surface area contributed by atoms with Crippen LogP contribution in [0, 0.1) is 18.3 Å². The molecule has 0 atom stereocenters. The normalized spacial score (nSPS) is 10.9. The maximum absolute atomic E-state index is 12.8. The molecule has 0 saturated heterocycles. The van der Waals surface area contributed by atoms with Crippen molar-refractivity contribution in [1.29, 1.82) is 5.26 Å². The summed E-state index contributed by atoms with van der Waals surface area (Å²) in [4.78, 5) is 12.8. The summed E-state index contributed by atoms with van der Waals surface area (Å²) in [6.07, 6.45) is 3.78. The number of carbonyl (C=O) groups excluding carboxylic acids is 1. The highest BCUT2D eigenvalue weighted by Crippen LogP contribution is 2.35. The van der Waals surface area contributed by atoms with Crippen LogP contribution in [0.15, 0.2) is 72.8 Å². The highest BCUT2D eigenvalue weighted by Gasteiger charge is 2.16. The van der Waals surface area contributed by atoms with Crippen LogP contribution >= 0.6 is 23.2 Å². The van der Waals surface area contributed by atoms with Crippen LogP contribution in [0.25, 0.3) is 6.08 Å². The zero-order chi connectivity index (χ0) is 26.1. The van der Waals surface area contributed by atoms with Crippen molar-refractivity contribution in [2.45, 2.75) is 26.9 Å². The maximum Gasteiger partial charge on any atom is 0.266 e. The van der Waals surface area contributed by atoms with Gasteiger partial charge in [-0.1, -0.05) is 47.5 Å². The molecular formula is C29H26Cl2N2O3. The maximum atomic E-state index is 12.8. The van der Waals surface area contributed by atoms with E-state index in [-0.39, 0.29) is 5.57 Å². The third-order valence-corrected chi connectivity index (χ3v) is 5.88. The first-order chi connectivity index (χ1) is 17.3. The number of ether oxygens (including phenoxy) is 2. The van der Waals surface area contributed by atoms with Gasteiger partial charge in [0.15, 0.2) is 11.5 Å². The fourth-order valence-corrected chi connectivity index (χ4v) is 3.73. The average Bonchev–Trinajstić information content (AvgIpc) is 2.85. The number of halogens is 2. The predicted octanol–water partition coefficient (Wildman–Crippen LogP) is 7.55. The quantitative estimate of drug-likeness (QED) is 0.170. The minimum absolute atomic E-state index is 0.0615. The van der Waals surface area contributed by atoms with E-state index in [4.69, 9.17) is 32.7 Å². The van der Waals surface area contributed by atoms with Gasteiger partial charge in [-0.25, -0.2) is 0 Å². The van der Waals surface area contributed by atoms with E-state index in [0.717, 1.165) is 16.7 Å². The Morgan fingerprint density at radius 2 is 1.86 bits per heavy atom. The highest BCUT2D eigenvalue weighted by atomic mass is 35.5. The first-order valence-electron chi connectivity index (χ1n) is 11.3. The van der Waals surface area contributed by atoms with Gasteiger partial charge in [-0.3, -0.25) is 4.79 Å². The minimum Gasteiger partial charge on any atom is -0.490 e. The smallest absolute Gasteiger partial charge is 0.266 e. The van der Waals surface area contributed by atoms with Crippen molar-refractivity contribution in [1.82, 2.24) is 0 Å². The lowest BCUT2D eigenvalue weighted by Gasteiger charge is -2.17. The second-order valence-electron chi connectivity index (χ2n) is 7.94. The number of hydrogen-bond acceptors (Lipinski definition) is 4. The predicted molar refractivity (Wildman–Crippen MR) is 146 cm³/mol. The van der Waals surface area contributed by atoms with E-state index in [1.165, 1.54) is 6.08 Å². The molecule has 0 radical (unpaired) electrons. The SMILES string of the molecule is C=CCc1cc(/C=C(/C#N)C(=O)Nc2ccc(C)c(Cl)c2)cc(OCC)c1OCc1ccc(Cl)cc1. The molecule has 1 amide bonds. The summed E-state index contributed by atoms with van der Waals surface area (Å²) in [5, 5.41) is 13.6. The Morgan fingerprint density at radius 1 is 1.11 bits per heavy atom. The zero-order valence-electron chi connectivity index (χ0n) is 20.1. The molecule has 0 saturated carbocycles. The number of anilines is 1. The molecule has 7 heteroatoms. The number of amides is 1. The number of nitrogens with zero attached hydrogens (tertiary/aromatic N) is 1. The molecule has 3 rings (SSSR count). The largest absolute Gasteiger partial charge is 0.490 e. The number of allylic oxidation sites excluding steroid dienone is 1.